The molecule has 0 N–H and O–H groups in total. The van der Waals surface area contributed by atoms with E-state index in [0.717, 1.165) is 60.7 Å². The van der Waals surface area contributed by atoms with Crippen LogP contribution in [0.15, 0.2) is 36.2 Å². The molecule has 1 fully saturated rings. The lowest BCUT2D eigenvalue weighted by Crippen LogP contribution is -2.51. The number of pyridine rings is 2. The predicted octanol–water partition coefficient (Wildman–Crippen LogP) is 3.70. The van der Waals surface area contributed by atoms with Crippen LogP contribution >= 0.6 is 0 Å². The molecule has 2 aromatic rings. The number of carbonyl (C=O) groups is 2. The molecule has 6 nitrogen and oxygen atoms in total. The zero-order valence-corrected chi connectivity index (χ0v) is 18.6. The number of aromatic nitrogens is 2. The first-order chi connectivity index (χ1) is 15.0. The first kappa shape index (κ1) is 21.4. The highest BCUT2D eigenvalue weighted by molar-refractivity contribution is 6.03. The number of ketones is 2. The quantitative estimate of drug-likeness (QED) is 0.667. The average Bonchev–Trinajstić information content (AvgIpc) is 2.78. The fourth-order valence-corrected chi connectivity index (χ4v) is 4.48. The van der Waals surface area contributed by atoms with Gasteiger partial charge in [-0.3, -0.25) is 24.5 Å². The fraction of sp³-hybridized carbons (Fsp3) is 0.440. The number of allylic oxidation sites excluding steroid dienone is 1. The van der Waals surface area contributed by atoms with Gasteiger partial charge in [-0.2, -0.15) is 0 Å². The highest BCUT2D eigenvalue weighted by Crippen LogP contribution is 2.25. The van der Waals surface area contributed by atoms with E-state index in [0.29, 0.717) is 24.6 Å². The molecule has 0 spiro atoms. The van der Waals surface area contributed by atoms with E-state index in [1.165, 1.54) is 0 Å². The molecule has 0 amide bonds. The van der Waals surface area contributed by atoms with Crippen LogP contribution in [0.2, 0.25) is 0 Å². The van der Waals surface area contributed by atoms with Gasteiger partial charge in [0.2, 0.25) is 0 Å². The first-order valence-corrected chi connectivity index (χ1v) is 11.2. The van der Waals surface area contributed by atoms with Crippen molar-refractivity contribution in [1.29, 1.82) is 0 Å². The molecule has 0 aromatic carbocycles. The monoisotopic (exact) mass is 418 g/mol. The van der Waals surface area contributed by atoms with Crippen LogP contribution in [0.4, 0.5) is 5.69 Å². The van der Waals surface area contributed by atoms with E-state index in [1.807, 2.05) is 44.4 Å². The molecule has 1 aliphatic heterocycles. The van der Waals surface area contributed by atoms with Gasteiger partial charge in [-0.05, 0) is 48.3 Å². The second-order valence-electron chi connectivity index (χ2n) is 8.47. The number of hydrogen-bond acceptors (Lipinski definition) is 6. The van der Waals surface area contributed by atoms with Crippen molar-refractivity contribution in [3.05, 3.63) is 58.7 Å². The zero-order chi connectivity index (χ0) is 22.0. The molecule has 0 bridgehead atoms. The number of carbonyl (C=O) groups excluding carboxylic acids is 2. The van der Waals surface area contributed by atoms with E-state index in [4.69, 9.17) is 0 Å². The Labute approximate surface area is 184 Å². The Morgan fingerprint density at radius 1 is 1.16 bits per heavy atom. The minimum absolute atomic E-state index is 0.0752. The maximum atomic E-state index is 12.2. The second-order valence-corrected chi connectivity index (χ2v) is 8.47. The third-order valence-corrected chi connectivity index (χ3v) is 6.26. The van der Waals surface area contributed by atoms with Gasteiger partial charge in [0.05, 0.1) is 17.6 Å². The number of fused-ring (bicyclic) bond motifs is 1. The molecule has 3 heterocycles. The van der Waals surface area contributed by atoms with Gasteiger partial charge in [-0.25, -0.2) is 0 Å². The number of Topliss-reactive ketones (excluding diaryl/α,β-unsaturated/α-hetero) is 2. The van der Waals surface area contributed by atoms with E-state index in [9.17, 15) is 9.59 Å². The smallest absolute Gasteiger partial charge is 0.180 e. The second kappa shape index (κ2) is 9.10. The van der Waals surface area contributed by atoms with E-state index in [-0.39, 0.29) is 11.6 Å². The highest BCUT2D eigenvalue weighted by atomic mass is 16.1. The van der Waals surface area contributed by atoms with Crippen molar-refractivity contribution in [3.63, 3.8) is 0 Å². The van der Waals surface area contributed by atoms with Crippen molar-refractivity contribution in [2.45, 2.75) is 52.6 Å². The van der Waals surface area contributed by atoms with Gasteiger partial charge in [0, 0.05) is 51.3 Å². The molecule has 1 aliphatic carbocycles. The van der Waals surface area contributed by atoms with E-state index in [1.54, 1.807) is 0 Å². The fourth-order valence-electron chi connectivity index (χ4n) is 4.48. The predicted molar refractivity (Wildman–Crippen MR) is 122 cm³/mol. The molecule has 4 rings (SSSR count). The maximum absolute atomic E-state index is 12.2. The SMILES string of the molecule is CCC(=O)c1ccc(N2CCN(Cc3cnc4c(c3)CC(=O)C(CC)=C4)C[C@@H]2C)cn1. The van der Waals surface area contributed by atoms with Crippen molar-refractivity contribution in [3.8, 4) is 0 Å². The van der Waals surface area contributed by atoms with E-state index in [2.05, 4.69) is 32.8 Å². The molecule has 1 atom stereocenters. The van der Waals surface area contributed by atoms with Crippen molar-refractivity contribution >= 4 is 23.3 Å². The molecular weight excluding hydrogens is 388 g/mol. The molecular formula is C25H30N4O2. The minimum Gasteiger partial charge on any atom is -0.365 e. The van der Waals surface area contributed by atoms with Gasteiger partial charge in [-0.15, -0.1) is 0 Å². The summed E-state index contributed by atoms with van der Waals surface area (Å²) >= 11 is 0. The largest absolute Gasteiger partial charge is 0.365 e. The lowest BCUT2D eigenvalue weighted by Gasteiger charge is -2.41. The van der Waals surface area contributed by atoms with Crippen LogP contribution < -0.4 is 4.90 Å². The zero-order valence-electron chi connectivity index (χ0n) is 18.6. The Bertz CT molecular complexity index is 1010. The molecule has 2 aromatic heterocycles. The lowest BCUT2D eigenvalue weighted by molar-refractivity contribution is -0.115. The van der Waals surface area contributed by atoms with Gasteiger partial charge in [0.15, 0.2) is 11.6 Å². The summed E-state index contributed by atoms with van der Waals surface area (Å²) in [6, 6.07) is 6.32. The third-order valence-electron chi connectivity index (χ3n) is 6.26. The average molecular weight is 419 g/mol. The van der Waals surface area contributed by atoms with Crippen molar-refractivity contribution in [2.24, 2.45) is 0 Å². The Balaban J connectivity index is 1.40. The molecule has 1 saturated heterocycles. The first-order valence-electron chi connectivity index (χ1n) is 11.2. The summed E-state index contributed by atoms with van der Waals surface area (Å²) in [5.41, 5.74) is 5.61. The summed E-state index contributed by atoms with van der Waals surface area (Å²) in [4.78, 5) is 37.8. The van der Waals surface area contributed by atoms with Gasteiger partial charge >= 0.3 is 0 Å². The third kappa shape index (κ3) is 4.59. The normalized spacial score (nSPS) is 19.2. The minimum atomic E-state index is 0.0752. The van der Waals surface area contributed by atoms with Crippen LogP contribution in [0.1, 0.15) is 60.9 Å². The number of rotatable bonds is 6. The van der Waals surface area contributed by atoms with Crippen LogP contribution in [0.3, 0.4) is 0 Å². The molecule has 31 heavy (non-hydrogen) atoms. The summed E-state index contributed by atoms with van der Waals surface area (Å²) in [6.45, 7) is 9.70. The van der Waals surface area contributed by atoms with Gasteiger partial charge in [0.1, 0.15) is 5.69 Å². The van der Waals surface area contributed by atoms with E-state index < -0.39 is 0 Å². The summed E-state index contributed by atoms with van der Waals surface area (Å²) in [6.07, 6.45) is 7.41. The standard InChI is InChI=1S/C25H30N4O2/c1-4-19-11-23-20(12-25(19)31)10-18(13-26-23)16-28-8-9-29(17(3)15-28)21-6-7-22(27-14-21)24(30)5-2/h6-7,10-11,13-14,17H,4-5,8-9,12,15-16H2,1-3H3/t17-/m0/s1. The van der Waals surface area contributed by atoms with Crippen LogP contribution in [0.5, 0.6) is 0 Å². The van der Waals surface area contributed by atoms with Crippen molar-refractivity contribution < 1.29 is 9.59 Å². The number of piperazine rings is 1. The van der Waals surface area contributed by atoms with Gasteiger partial charge in [0.25, 0.3) is 0 Å². The highest BCUT2D eigenvalue weighted by Gasteiger charge is 2.25. The van der Waals surface area contributed by atoms with Gasteiger partial charge in [-0.1, -0.05) is 19.9 Å². The summed E-state index contributed by atoms with van der Waals surface area (Å²) in [5, 5.41) is 0. The van der Waals surface area contributed by atoms with Crippen LogP contribution in [-0.2, 0) is 17.8 Å². The van der Waals surface area contributed by atoms with Crippen molar-refractivity contribution in [2.75, 3.05) is 24.5 Å². The Kier molecular flexibility index (Phi) is 6.28. The van der Waals surface area contributed by atoms with Gasteiger partial charge < -0.3 is 4.90 Å². The number of nitrogens with zero attached hydrogens (tertiary/aromatic N) is 4. The van der Waals surface area contributed by atoms with Crippen molar-refractivity contribution in [1.82, 2.24) is 14.9 Å². The molecule has 0 radical (unpaired) electrons. The Morgan fingerprint density at radius 2 is 2.00 bits per heavy atom. The Hall–Kier alpha value is -2.86. The van der Waals surface area contributed by atoms with E-state index >= 15 is 0 Å². The molecule has 2 aliphatic rings. The number of hydrogen-bond donors (Lipinski definition) is 0. The topological polar surface area (TPSA) is 66.4 Å². The van der Waals surface area contributed by atoms with Crippen LogP contribution in [0, 0.1) is 0 Å². The van der Waals surface area contributed by atoms with Crippen LogP contribution in [-0.4, -0.2) is 52.1 Å². The van der Waals surface area contributed by atoms with Crippen LogP contribution in [0.25, 0.3) is 6.08 Å². The Morgan fingerprint density at radius 3 is 2.68 bits per heavy atom. The maximum Gasteiger partial charge on any atom is 0.180 e. The summed E-state index contributed by atoms with van der Waals surface area (Å²) in [5.74, 6) is 0.294. The molecule has 0 saturated carbocycles. The summed E-state index contributed by atoms with van der Waals surface area (Å²) < 4.78 is 0. The molecule has 0 unspecified atom stereocenters. The molecule has 162 valence electrons. The lowest BCUT2D eigenvalue weighted by atomic mass is 9.92. The molecule has 6 heteroatoms. The number of anilines is 1. The summed E-state index contributed by atoms with van der Waals surface area (Å²) in [7, 11) is 0.